The van der Waals surface area contributed by atoms with Crippen LogP contribution in [-0.2, 0) is 16.1 Å². The lowest BCUT2D eigenvalue weighted by molar-refractivity contribution is -0.124. The Morgan fingerprint density at radius 3 is 2.50 bits per heavy atom. The summed E-state index contributed by atoms with van der Waals surface area (Å²) >= 11 is 0. The molecule has 144 valence electrons. The number of hydrogen-bond acceptors (Lipinski definition) is 5. The van der Waals surface area contributed by atoms with E-state index in [-0.39, 0.29) is 11.4 Å². The summed E-state index contributed by atoms with van der Waals surface area (Å²) in [5.74, 6) is -0.843. The molecule has 0 saturated carbocycles. The SMILES string of the molecule is COc1cn(-c2ccccc2)nc1C(=O)OCC(=O)NCc1ccccc1C. The van der Waals surface area contributed by atoms with Crippen molar-refractivity contribution >= 4 is 11.9 Å². The minimum Gasteiger partial charge on any atom is -0.493 e. The van der Waals surface area contributed by atoms with Gasteiger partial charge in [-0.25, -0.2) is 9.48 Å². The number of methoxy groups -OCH3 is 1. The van der Waals surface area contributed by atoms with Crippen LogP contribution in [0.4, 0.5) is 0 Å². The zero-order chi connectivity index (χ0) is 19.9. The fourth-order valence-electron chi connectivity index (χ4n) is 2.61. The Labute approximate surface area is 162 Å². The van der Waals surface area contributed by atoms with Gasteiger partial charge in [-0.15, -0.1) is 0 Å². The predicted octanol–water partition coefficient (Wildman–Crippen LogP) is 2.66. The molecule has 0 fully saturated rings. The maximum absolute atomic E-state index is 12.3. The van der Waals surface area contributed by atoms with Crippen LogP contribution in [0.25, 0.3) is 5.69 Å². The number of aryl methyl sites for hydroxylation is 1. The molecular weight excluding hydrogens is 358 g/mol. The highest BCUT2D eigenvalue weighted by atomic mass is 16.5. The van der Waals surface area contributed by atoms with Crippen molar-refractivity contribution in [3.05, 3.63) is 77.6 Å². The van der Waals surface area contributed by atoms with Crippen LogP contribution in [0.1, 0.15) is 21.6 Å². The van der Waals surface area contributed by atoms with E-state index in [1.807, 2.05) is 61.5 Å². The van der Waals surface area contributed by atoms with E-state index in [0.29, 0.717) is 6.54 Å². The number of aromatic nitrogens is 2. The van der Waals surface area contributed by atoms with Crippen molar-refractivity contribution in [3.8, 4) is 11.4 Å². The number of nitrogens with one attached hydrogen (secondary N) is 1. The van der Waals surface area contributed by atoms with Crippen molar-refractivity contribution in [2.24, 2.45) is 0 Å². The van der Waals surface area contributed by atoms with E-state index in [2.05, 4.69) is 10.4 Å². The lowest BCUT2D eigenvalue weighted by Crippen LogP contribution is -2.28. The Balaban J connectivity index is 1.59. The fourth-order valence-corrected chi connectivity index (χ4v) is 2.61. The molecule has 3 rings (SSSR count). The summed E-state index contributed by atoms with van der Waals surface area (Å²) in [4.78, 5) is 24.3. The third-order valence-corrected chi connectivity index (χ3v) is 4.19. The molecule has 0 saturated heterocycles. The largest absolute Gasteiger partial charge is 0.493 e. The van der Waals surface area contributed by atoms with Gasteiger partial charge in [0, 0.05) is 6.54 Å². The van der Waals surface area contributed by atoms with Crippen LogP contribution in [0.5, 0.6) is 5.75 Å². The summed E-state index contributed by atoms with van der Waals surface area (Å²) in [6.45, 7) is 1.94. The molecule has 1 heterocycles. The van der Waals surface area contributed by atoms with Gasteiger partial charge in [-0.2, -0.15) is 5.10 Å². The van der Waals surface area contributed by atoms with Crippen LogP contribution in [-0.4, -0.2) is 35.4 Å². The van der Waals surface area contributed by atoms with Gasteiger partial charge in [-0.1, -0.05) is 42.5 Å². The van der Waals surface area contributed by atoms with Gasteiger partial charge in [0.15, 0.2) is 12.4 Å². The number of esters is 1. The fraction of sp³-hybridized carbons (Fsp3) is 0.190. The van der Waals surface area contributed by atoms with Crippen molar-refractivity contribution in [2.75, 3.05) is 13.7 Å². The van der Waals surface area contributed by atoms with Crippen LogP contribution in [0.15, 0.2) is 60.8 Å². The van der Waals surface area contributed by atoms with Crippen LogP contribution in [0, 0.1) is 6.92 Å². The number of nitrogens with zero attached hydrogens (tertiary/aromatic N) is 2. The van der Waals surface area contributed by atoms with E-state index in [0.717, 1.165) is 16.8 Å². The first-order valence-electron chi connectivity index (χ1n) is 8.76. The smallest absolute Gasteiger partial charge is 0.363 e. The lowest BCUT2D eigenvalue weighted by atomic mass is 10.1. The van der Waals surface area contributed by atoms with Crippen LogP contribution in [0.2, 0.25) is 0 Å². The minimum atomic E-state index is -0.724. The molecule has 0 radical (unpaired) electrons. The molecule has 2 aromatic carbocycles. The summed E-state index contributed by atoms with van der Waals surface area (Å²) in [7, 11) is 1.44. The summed E-state index contributed by atoms with van der Waals surface area (Å²) < 4.78 is 11.8. The number of benzene rings is 2. The van der Waals surface area contributed by atoms with E-state index in [4.69, 9.17) is 9.47 Å². The molecule has 0 spiro atoms. The third kappa shape index (κ3) is 4.56. The number of carbonyl (C=O) groups excluding carboxylic acids is 2. The Bertz CT molecular complexity index is 967. The molecule has 0 aliphatic carbocycles. The first-order chi connectivity index (χ1) is 13.6. The van der Waals surface area contributed by atoms with E-state index in [1.54, 1.807) is 6.20 Å². The average Bonchev–Trinajstić information content (AvgIpc) is 3.16. The van der Waals surface area contributed by atoms with Crippen LogP contribution in [0.3, 0.4) is 0 Å². The zero-order valence-electron chi connectivity index (χ0n) is 15.7. The molecule has 0 bridgehead atoms. The second kappa shape index (κ2) is 8.85. The van der Waals surface area contributed by atoms with Crippen molar-refractivity contribution in [2.45, 2.75) is 13.5 Å². The quantitative estimate of drug-likeness (QED) is 0.638. The van der Waals surface area contributed by atoms with Crippen molar-refractivity contribution in [1.82, 2.24) is 15.1 Å². The molecule has 1 aromatic heterocycles. The summed E-state index contributed by atoms with van der Waals surface area (Å²) in [6, 6.07) is 17.0. The monoisotopic (exact) mass is 379 g/mol. The molecular formula is C21H21N3O4. The number of para-hydroxylation sites is 1. The molecule has 0 atom stereocenters. The Hall–Kier alpha value is -3.61. The van der Waals surface area contributed by atoms with Gasteiger partial charge in [-0.05, 0) is 30.2 Å². The first-order valence-corrected chi connectivity index (χ1v) is 8.76. The van der Waals surface area contributed by atoms with Gasteiger partial charge in [-0.3, -0.25) is 4.79 Å². The van der Waals surface area contributed by atoms with Crippen molar-refractivity contribution in [3.63, 3.8) is 0 Å². The molecule has 28 heavy (non-hydrogen) atoms. The molecule has 7 nitrogen and oxygen atoms in total. The van der Waals surface area contributed by atoms with E-state index >= 15 is 0 Å². The summed E-state index contributed by atoms with van der Waals surface area (Å²) in [5.41, 5.74) is 2.87. The average molecular weight is 379 g/mol. The van der Waals surface area contributed by atoms with Gasteiger partial charge in [0.1, 0.15) is 0 Å². The van der Waals surface area contributed by atoms with Crippen LogP contribution < -0.4 is 10.1 Å². The number of ether oxygens (including phenoxy) is 2. The van der Waals surface area contributed by atoms with E-state index in [1.165, 1.54) is 11.8 Å². The van der Waals surface area contributed by atoms with Gasteiger partial charge in [0.05, 0.1) is 19.0 Å². The Kier molecular flexibility index (Phi) is 6.06. The molecule has 3 aromatic rings. The van der Waals surface area contributed by atoms with Gasteiger partial charge in [0.2, 0.25) is 5.69 Å². The molecule has 7 heteroatoms. The first kappa shape index (κ1) is 19.2. The molecule has 1 amide bonds. The summed E-state index contributed by atoms with van der Waals surface area (Å²) in [6.07, 6.45) is 1.59. The second-order valence-corrected chi connectivity index (χ2v) is 6.11. The maximum atomic E-state index is 12.3. The normalized spacial score (nSPS) is 10.4. The highest BCUT2D eigenvalue weighted by molar-refractivity contribution is 5.92. The molecule has 0 aliphatic rings. The predicted molar refractivity (Wildman–Crippen MR) is 103 cm³/mol. The minimum absolute atomic E-state index is 0.0121. The van der Waals surface area contributed by atoms with Gasteiger partial charge in [0.25, 0.3) is 5.91 Å². The standard InChI is InChI=1S/C21H21N3O4/c1-15-8-6-7-9-16(15)12-22-19(25)14-28-21(26)20-18(27-2)13-24(23-20)17-10-4-3-5-11-17/h3-11,13H,12,14H2,1-2H3,(H,22,25). The number of amides is 1. The van der Waals surface area contributed by atoms with Crippen molar-refractivity contribution < 1.29 is 19.1 Å². The highest BCUT2D eigenvalue weighted by Crippen LogP contribution is 2.20. The molecule has 0 aliphatic heterocycles. The summed E-state index contributed by atoms with van der Waals surface area (Å²) in [5, 5.41) is 6.95. The van der Waals surface area contributed by atoms with E-state index < -0.39 is 18.5 Å². The van der Waals surface area contributed by atoms with Crippen molar-refractivity contribution in [1.29, 1.82) is 0 Å². The maximum Gasteiger partial charge on any atom is 0.363 e. The van der Waals surface area contributed by atoms with Crippen LogP contribution >= 0.6 is 0 Å². The van der Waals surface area contributed by atoms with E-state index in [9.17, 15) is 9.59 Å². The van der Waals surface area contributed by atoms with Gasteiger partial charge >= 0.3 is 5.97 Å². The highest BCUT2D eigenvalue weighted by Gasteiger charge is 2.20. The number of rotatable bonds is 7. The Morgan fingerprint density at radius 1 is 1.07 bits per heavy atom. The van der Waals surface area contributed by atoms with Gasteiger partial charge < -0.3 is 14.8 Å². The zero-order valence-corrected chi connectivity index (χ0v) is 15.7. The second-order valence-electron chi connectivity index (χ2n) is 6.11. The topological polar surface area (TPSA) is 82.5 Å². The lowest BCUT2D eigenvalue weighted by Gasteiger charge is -2.08. The third-order valence-electron chi connectivity index (χ3n) is 4.19. The number of hydrogen-bond donors (Lipinski definition) is 1. The Morgan fingerprint density at radius 2 is 1.79 bits per heavy atom. The molecule has 1 N–H and O–H groups in total. The number of carbonyl (C=O) groups is 2. The molecule has 0 unspecified atom stereocenters.